The Hall–Kier alpha value is -2.22. The highest BCUT2D eigenvalue weighted by Gasteiger charge is 2.21. The summed E-state index contributed by atoms with van der Waals surface area (Å²) in [6.45, 7) is 4.46. The second-order valence-corrected chi connectivity index (χ2v) is 8.11. The van der Waals surface area contributed by atoms with Crippen molar-refractivity contribution in [1.82, 2.24) is 0 Å². The molecule has 0 N–H and O–H groups in total. The van der Waals surface area contributed by atoms with Gasteiger partial charge in [-0.15, -0.1) is 0 Å². The Balaban J connectivity index is 1.48. The number of benzene rings is 2. The van der Waals surface area contributed by atoms with Gasteiger partial charge >= 0.3 is 0 Å². The number of hydrogen-bond donors (Lipinski definition) is 0. The smallest absolute Gasteiger partial charge is 0.0568 e. The fraction of sp³-hybridized carbons (Fsp3) is 0.462. The molecule has 0 heterocycles. The molecule has 3 rings (SSSR count). The molecule has 1 saturated carbocycles. The van der Waals surface area contributed by atoms with Gasteiger partial charge in [0.25, 0.3) is 0 Å². The van der Waals surface area contributed by atoms with E-state index in [4.69, 9.17) is 0 Å². The first-order valence-electron chi connectivity index (χ1n) is 11.0. The van der Waals surface area contributed by atoms with Crippen LogP contribution in [0.15, 0.2) is 58.7 Å². The first-order chi connectivity index (χ1) is 13.8. The zero-order valence-corrected chi connectivity index (χ0v) is 17.5. The van der Waals surface area contributed by atoms with Crippen molar-refractivity contribution >= 4 is 12.4 Å². The van der Waals surface area contributed by atoms with Gasteiger partial charge in [-0.3, -0.25) is 0 Å². The standard InChI is InChI=1S/C26H34N2/c1-3-5-6-22-11-15-25(16-12-22)26-17-13-24(14-18-26)20-28-27-19-23-9-7-21(4-2)8-10-23/h7-10,13-14,17-20,22,25H,3-6,11-12,15-16H2,1-2H3/b27-19+,28-20+. The highest BCUT2D eigenvalue weighted by Crippen LogP contribution is 2.37. The average molecular weight is 375 g/mol. The molecule has 0 radical (unpaired) electrons. The second-order valence-electron chi connectivity index (χ2n) is 8.11. The van der Waals surface area contributed by atoms with Crippen LogP contribution in [0.5, 0.6) is 0 Å². The molecule has 1 fully saturated rings. The Morgan fingerprint density at radius 3 is 1.89 bits per heavy atom. The Morgan fingerprint density at radius 1 is 0.786 bits per heavy atom. The maximum atomic E-state index is 4.20. The van der Waals surface area contributed by atoms with Crippen LogP contribution in [0, 0.1) is 5.92 Å². The van der Waals surface area contributed by atoms with E-state index in [0.29, 0.717) is 0 Å². The highest BCUT2D eigenvalue weighted by molar-refractivity contribution is 5.82. The summed E-state index contributed by atoms with van der Waals surface area (Å²) in [7, 11) is 0. The third kappa shape index (κ3) is 6.15. The predicted octanol–water partition coefficient (Wildman–Crippen LogP) is 7.17. The first-order valence-corrected chi connectivity index (χ1v) is 11.0. The molecule has 0 spiro atoms. The fourth-order valence-corrected chi connectivity index (χ4v) is 4.17. The van der Waals surface area contributed by atoms with Crippen LogP contribution >= 0.6 is 0 Å². The minimum Gasteiger partial charge on any atom is -0.159 e. The van der Waals surface area contributed by atoms with Crippen molar-refractivity contribution in [2.24, 2.45) is 16.1 Å². The lowest BCUT2D eigenvalue weighted by Crippen LogP contribution is -2.13. The molecule has 0 atom stereocenters. The molecule has 1 aliphatic rings. The van der Waals surface area contributed by atoms with Crippen LogP contribution in [-0.4, -0.2) is 12.4 Å². The number of nitrogens with zero attached hydrogens (tertiary/aromatic N) is 2. The molecule has 0 aromatic heterocycles. The summed E-state index contributed by atoms with van der Waals surface area (Å²) in [5, 5.41) is 8.39. The van der Waals surface area contributed by atoms with Crippen LogP contribution < -0.4 is 0 Å². The van der Waals surface area contributed by atoms with Gasteiger partial charge in [-0.05, 0) is 66.2 Å². The van der Waals surface area contributed by atoms with Gasteiger partial charge in [-0.2, -0.15) is 10.2 Å². The third-order valence-electron chi connectivity index (χ3n) is 6.09. The molecule has 2 nitrogen and oxygen atoms in total. The van der Waals surface area contributed by atoms with Crippen LogP contribution in [0.2, 0.25) is 0 Å². The Bertz CT molecular complexity index is 748. The summed E-state index contributed by atoms with van der Waals surface area (Å²) in [6.07, 6.45) is 14.4. The lowest BCUT2D eigenvalue weighted by atomic mass is 9.77. The van der Waals surface area contributed by atoms with Gasteiger partial charge in [-0.1, -0.05) is 81.6 Å². The zero-order valence-electron chi connectivity index (χ0n) is 17.5. The number of unbranched alkanes of at least 4 members (excludes halogenated alkanes) is 1. The van der Waals surface area contributed by atoms with Crippen molar-refractivity contribution in [1.29, 1.82) is 0 Å². The molecule has 0 bridgehead atoms. The quantitative estimate of drug-likeness (QED) is 0.346. The van der Waals surface area contributed by atoms with E-state index in [1.165, 1.54) is 56.1 Å². The molecule has 28 heavy (non-hydrogen) atoms. The lowest BCUT2D eigenvalue weighted by Gasteiger charge is -2.28. The van der Waals surface area contributed by atoms with E-state index in [-0.39, 0.29) is 0 Å². The summed E-state index contributed by atoms with van der Waals surface area (Å²) in [5.41, 5.74) is 5.03. The van der Waals surface area contributed by atoms with Crippen molar-refractivity contribution in [3.8, 4) is 0 Å². The minimum atomic E-state index is 0.743. The van der Waals surface area contributed by atoms with E-state index < -0.39 is 0 Å². The second kappa shape index (κ2) is 10.9. The number of aryl methyl sites for hydroxylation is 1. The van der Waals surface area contributed by atoms with E-state index in [2.05, 4.69) is 72.6 Å². The van der Waals surface area contributed by atoms with E-state index in [1.54, 1.807) is 6.21 Å². The number of hydrogen-bond acceptors (Lipinski definition) is 2. The molecule has 0 aliphatic heterocycles. The SMILES string of the molecule is CCCCC1CCC(c2ccc(/C=N/N=C/c3ccc(CC)cc3)cc2)CC1. The van der Waals surface area contributed by atoms with Crippen molar-refractivity contribution in [3.63, 3.8) is 0 Å². The van der Waals surface area contributed by atoms with E-state index >= 15 is 0 Å². The summed E-state index contributed by atoms with van der Waals surface area (Å²) in [4.78, 5) is 0. The molecule has 0 saturated heterocycles. The predicted molar refractivity (Wildman–Crippen MR) is 122 cm³/mol. The van der Waals surface area contributed by atoms with Gasteiger partial charge in [-0.25, -0.2) is 0 Å². The Morgan fingerprint density at radius 2 is 1.36 bits per heavy atom. The average Bonchev–Trinajstić information content (AvgIpc) is 2.76. The number of rotatable bonds is 8. The lowest BCUT2D eigenvalue weighted by molar-refractivity contribution is 0.304. The van der Waals surface area contributed by atoms with E-state index in [0.717, 1.165) is 29.4 Å². The van der Waals surface area contributed by atoms with Crippen molar-refractivity contribution in [2.45, 2.75) is 71.1 Å². The van der Waals surface area contributed by atoms with Crippen LogP contribution in [0.1, 0.15) is 87.0 Å². The van der Waals surface area contributed by atoms with Crippen molar-refractivity contribution in [2.75, 3.05) is 0 Å². The molecule has 2 aromatic rings. The summed E-state index contributed by atoms with van der Waals surface area (Å²) in [5.74, 6) is 1.71. The minimum absolute atomic E-state index is 0.743. The van der Waals surface area contributed by atoms with Crippen LogP contribution in [-0.2, 0) is 6.42 Å². The molecule has 2 heteroatoms. The Labute approximate surface area is 170 Å². The van der Waals surface area contributed by atoms with Crippen LogP contribution in [0.25, 0.3) is 0 Å². The normalized spacial score (nSPS) is 20.2. The van der Waals surface area contributed by atoms with E-state index in [1.807, 2.05) is 6.21 Å². The third-order valence-corrected chi connectivity index (χ3v) is 6.09. The summed E-state index contributed by atoms with van der Waals surface area (Å²) >= 11 is 0. The maximum absolute atomic E-state index is 4.20. The monoisotopic (exact) mass is 374 g/mol. The zero-order chi connectivity index (χ0) is 19.6. The molecule has 0 amide bonds. The van der Waals surface area contributed by atoms with Crippen molar-refractivity contribution < 1.29 is 0 Å². The van der Waals surface area contributed by atoms with Crippen LogP contribution in [0.3, 0.4) is 0 Å². The topological polar surface area (TPSA) is 24.7 Å². The first kappa shape index (κ1) is 20.5. The van der Waals surface area contributed by atoms with Gasteiger partial charge in [0, 0.05) is 0 Å². The fourth-order valence-electron chi connectivity index (χ4n) is 4.17. The molecule has 1 aliphatic carbocycles. The molecular weight excluding hydrogens is 340 g/mol. The Kier molecular flexibility index (Phi) is 8.02. The van der Waals surface area contributed by atoms with Crippen LogP contribution in [0.4, 0.5) is 0 Å². The van der Waals surface area contributed by atoms with Gasteiger partial charge < -0.3 is 0 Å². The van der Waals surface area contributed by atoms with E-state index in [9.17, 15) is 0 Å². The van der Waals surface area contributed by atoms with Gasteiger partial charge in [0.2, 0.25) is 0 Å². The van der Waals surface area contributed by atoms with Gasteiger partial charge in [0.1, 0.15) is 0 Å². The molecule has 0 unspecified atom stereocenters. The maximum Gasteiger partial charge on any atom is 0.0568 e. The van der Waals surface area contributed by atoms with Gasteiger partial charge in [0.05, 0.1) is 12.4 Å². The summed E-state index contributed by atoms with van der Waals surface area (Å²) < 4.78 is 0. The largest absolute Gasteiger partial charge is 0.159 e. The molecule has 2 aromatic carbocycles. The molecular formula is C26H34N2. The van der Waals surface area contributed by atoms with Gasteiger partial charge in [0.15, 0.2) is 0 Å². The van der Waals surface area contributed by atoms with Crippen molar-refractivity contribution in [3.05, 3.63) is 70.8 Å². The molecule has 148 valence electrons. The summed E-state index contributed by atoms with van der Waals surface area (Å²) in [6, 6.07) is 17.4. The highest BCUT2D eigenvalue weighted by atomic mass is 15.2.